The molecule has 0 saturated heterocycles. The Morgan fingerprint density at radius 1 is 1.35 bits per heavy atom. The van der Waals surface area contributed by atoms with Crippen LogP contribution in [0.4, 0.5) is 4.39 Å². The predicted molar refractivity (Wildman–Crippen MR) is 75.7 cm³/mol. The zero-order valence-corrected chi connectivity index (χ0v) is 11.6. The Bertz CT molecular complexity index is 547. The third-order valence-electron chi connectivity index (χ3n) is 3.90. The highest BCUT2D eigenvalue weighted by Gasteiger charge is 2.30. The van der Waals surface area contributed by atoms with Crippen molar-refractivity contribution < 1.29 is 9.50 Å². The first-order chi connectivity index (χ1) is 9.61. The molecule has 1 heterocycles. The lowest BCUT2D eigenvalue weighted by atomic mass is 9.77. The van der Waals surface area contributed by atoms with Crippen LogP contribution in [-0.4, -0.2) is 27.8 Å². The van der Waals surface area contributed by atoms with Gasteiger partial charge in [0.2, 0.25) is 0 Å². The number of aliphatic hydroxyl groups is 1. The van der Waals surface area contributed by atoms with Crippen LogP contribution >= 0.6 is 0 Å². The molecule has 0 spiro atoms. The molecule has 0 radical (unpaired) electrons. The number of imidazole rings is 1. The summed E-state index contributed by atoms with van der Waals surface area (Å²) in [5.74, 6) is 0.653. The molecular weight excluding hydrogens is 257 g/mol. The minimum atomic E-state index is -0.556. The molecule has 1 atom stereocenters. The van der Waals surface area contributed by atoms with Crippen LogP contribution in [0.3, 0.4) is 0 Å². The lowest BCUT2D eigenvalue weighted by Gasteiger charge is -2.31. The van der Waals surface area contributed by atoms with E-state index in [0.29, 0.717) is 19.4 Å². The summed E-state index contributed by atoms with van der Waals surface area (Å²) >= 11 is 0. The number of aliphatic hydroxyl groups excluding tert-OH is 1. The molecule has 108 valence electrons. The van der Waals surface area contributed by atoms with Crippen molar-refractivity contribution in [3.05, 3.63) is 53.9 Å². The number of rotatable bonds is 6. The highest BCUT2D eigenvalue weighted by Crippen LogP contribution is 2.28. The normalized spacial score (nSPS) is 14.2. The molecule has 4 nitrogen and oxygen atoms in total. The first-order valence-electron chi connectivity index (χ1n) is 6.64. The van der Waals surface area contributed by atoms with E-state index in [4.69, 9.17) is 5.73 Å². The van der Waals surface area contributed by atoms with Crippen LogP contribution in [0.25, 0.3) is 0 Å². The van der Waals surface area contributed by atoms with Gasteiger partial charge in [0.25, 0.3) is 0 Å². The largest absolute Gasteiger partial charge is 0.395 e. The molecular formula is C15H20FN3O. The van der Waals surface area contributed by atoms with E-state index >= 15 is 0 Å². The molecule has 0 fully saturated rings. The van der Waals surface area contributed by atoms with E-state index < -0.39 is 5.41 Å². The van der Waals surface area contributed by atoms with Crippen LogP contribution in [-0.2, 0) is 18.9 Å². The van der Waals surface area contributed by atoms with E-state index in [2.05, 4.69) is 4.98 Å². The Labute approximate surface area is 118 Å². The quantitative estimate of drug-likeness (QED) is 0.838. The van der Waals surface area contributed by atoms with Gasteiger partial charge in [-0.15, -0.1) is 0 Å². The van der Waals surface area contributed by atoms with Crippen LogP contribution in [0.5, 0.6) is 0 Å². The van der Waals surface area contributed by atoms with E-state index in [1.807, 2.05) is 17.8 Å². The first-order valence-corrected chi connectivity index (χ1v) is 6.64. The maximum Gasteiger partial charge on any atom is 0.123 e. The van der Waals surface area contributed by atoms with E-state index in [1.165, 1.54) is 12.1 Å². The highest BCUT2D eigenvalue weighted by molar-refractivity contribution is 5.27. The van der Waals surface area contributed by atoms with Gasteiger partial charge in [-0.25, -0.2) is 9.37 Å². The van der Waals surface area contributed by atoms with Crippen molar-refractivity contribution in [1.82, 2.24) is 9.55 Å². The van der Waals surface area contributed by atoms with Gasteiger partial charge < -0.3 is 15.4 Å². The fourth-order valence-corrected chi connectivity index (χ4v) is 2.39. The van der Waals surface area contributed by atoms with Crippen LogP contribution in [0.1, 0.15) is 17.8 Å². The fraction of sp³-hybridized carbons (Fsp3) is 0.400. The smallest absolute Gasteiger partial charge is 0.123 e. The fourth-order valence-electron chi connectivity index (χ4n) is 2.39. The molecule has 0 bridgehead atoms. The van der Waals surface area contributed by atoms with Crippen LogP contribution in [0.15, 0.2) is 36.7 Å². The minimum Gasteiger partial charge on any atom is -0.395 e. The lowest BCUT2D eigenvalue weighted by Crippen LogP contribution is -2.39. The number of aromatic nitrogens is 2. The van der Waals surface area contributed by atoms with Crippen molar-refractivity contribution in [3.8, 4) is 0 Å². The van der Waals surface area contributed by atoms with Crippen molar-refractivity contribution in [2.45, 2.75) is 18.3 Å². The third-order valence-corrected chi connectivity index (χ3v) is 3.90. The molecule has 5 heteroatoms. The number of nitrogens with zero attached hydrogens (tertiary/aromatic N) is 2. The van der Waals surface area contributed by atoms with Gasteiger partial charge in [-0.3, -0.25) is 0 Å². The monoisotopic (exact) mass is 277 g/mol. The molecule has 1 aromatic heterocycles. The highest BCUT2D eigenvalue weighted by atomic mass is 19.1. The SMILES string of the molecule is Cn1ccnc1CCC(CN)(CO)c1ccc(F)cc1. The van der Waals surface area contributed by atoms with Crippen molar-refractivity contribution in [2.24, 2.45) is 12.8 Å². The average Bonchev–Trinajstić information content (AvgIpc) is 2.88. The molecule has 1 aromatic carbocycles. The molecule has 0 aliphatic heterocycles. The second-order valence-corrected chi connectivity index (χ2v) is 5.10. The minimum absolute atomic E-state index is 0.0699. The van der Waals surface area contributed by atoms with E-state index in [0.717, 1.165) is 11.4 Å². The van der Waals surface area contributed by atoms with Crippen molar-refractivity contribution in [1.29, 1.82) is 0 Å². The molecule has 0 aliphatic carbocycles. The molecule has 0 saturated carbocycles. The Hall–Kier alpha value is -1.72. The Morgan fingerprint density at radius 3 is 2.55 bits per heavy atom. The third kappa shape index (κ3) is 2.89. The number of nitrogens with two attached hydrogens (primary N) is 1. The summed E-state index contributed by atoms with van der Waals surface area (Å²) < 4.78 is 15.0. The van der Waals surface area contributed by atoms with Gasteiger partial charge >= 0.3 is 0 Å². The first kappa shape index (κ1) is 14.7. The van der Waals surface area contributed by atoms with Gasteiger partial charge in [0.1, 0.15) is 11.6 Å². The van der Waals surface area contributed by atoms with Gasteiger partial charge in [0, 0.05) is 37.8 Å². The van der Waals surface area contributed by atoms with Gasteiger partial charge in [-0.05, 0) is 24.1 Å². The molecule has 20 heavy (non-hydrogen) atoms. The summed E-state index contributed by atoms with van der Waals surface area (Å²) in [5.41, 5.74) is 6.19. The summed E-state index contributed by atoms with van der Waals surface area (Å²) in [6.07, 6.45) is 5.00. The zero-order chi connectivity index (χ0) is 14.6. The molecule has 0 amide bonds. The summed E-state index contributed by atoms with van der Waals surface area (Å²) in [4.78, 5) is 4.28. The Kier molecular flexibility index (Phi) is 4.52. The lowest BCUT2D eigenvalue weighted by molar-refractivity contribution is 0.187. The van der Waals surface area contributed by atoms with Crippen molar-refractivity contribution >= 4 is 0 Å². The second-order valence-electron chi connectivity index (χ2n) is 5.10. The maximum absolute atomic E-state index is 13.0. The van der Waals surface area contributed by atoms with E-state index in [9.17, 15) is 9.50 Å². The zero-order valence-electron chi connectivity index (χ0n) is 11.6. The summed E-state index contributed by atoms with van der Waals surface area (Å²) in [5, 5.41) is 9.80. The molecule has 1 unspecified atom stereocenters. The standard InChI is InChI=1S/C15H20FN3O/c1-19-9-8-18-14(19)6-7-15(10-17,11-20)12-2-4-13(16)5-3-12/h2-5,8-9,20H,6-7,10-11,17H2,1H3. The number of halogens is 1. The van der Waals surface area contributed by atoms with Crippen molar-refractivity contribution in [2.75, 3.05) is 13.2 Å². The van der Waals surface area contributed by atoms with Crippen molar-refractivity contribution in [3.63, 3.8) is 0 Å². The average molecular weight is 277 g/mol. The molecule has 0 aliphatic rings. The topological polar surface area (TPSA) is 64.1 Å². The maximum atomic E-state index is 13.0. The molecule has 2 aromatic rings. The Balaban J connectivity index is 2.21. The predicted octanol–water partition coefficient (Wildman–Crippen LogP) is 1.38. The van der Waals surface area contributed by atoms with Crippen LogP contribution < -0.4 is 5.73 Å². The summed E-state index contributed by atoms with van der Waals surface area (Å²) in [6, 6.07) is 6.18. The van der Waals surface area contributed by atoms with Gasteiger partial charge in [0.05, 0.1) is 6.61 Å². The summed E-state index contributed by atoms with van der Waals surface area (Å²) in [7, 11) is 1.93. The summed E-state index contributed by atoms with van der Waals surface area (Å²) in [6.45, 7) is 0.235. The van der Waals surface area contributed by atoms with Crippen LogP contribution in [0, 0.1) is 5.82 Å². The molecule has 2 rings (SSSR count). The van der Waals surface area contributed by atoms with E-state index in [-0.39, 0.29) is 12.4 Å². The van der Waals surface area contributed by atoms with Gasteiger partial charge in [-0.2, -0.15) is 0 Å². The number of aryl methyl sites for hydroxylation is 2. The van der Waals surface area contributed by atoms with Crippen LogP contribution in [0.2, 0.25) is 0 Å². The number of hydrogen-bond acceptors (Lipinski definition) is 3. The number of benzene rings is 1. The Morgan fingerprint density at radius 2 is 2.05 bits per heavy atom. The van der Waals surface area contributed by atoms with Gasteiger partial charge in [-0.1, -0.05) is 12.1 Å². The van der Waals surface area contributed by atoms with Gasteiger partial charge in [0.15, 0.2) is 0 Å². The second kappa shape index (κ2) is 6.15. The van der Waals surface area contributed by atoms with E-state index in [1.54, 1.807) is 18.3 Å². The number of hydrogen-bond donors (Lipinski definition) is 2. The molecule has 3 N–H and O–H groups in total.